The van der Waals surface area contributed by atoms with Crippen LogP contribution in [0.25, 0.3) is 0 Å². The van der Waals surface area contributed by atoms with Crippen molar-refractivity contribution in [2.45, 2.75) is 18.9 Å². The normalized spacial score (nSPS) is 20.9. The minimum Gasteiger partial charge on any atom is -0.375 e. The average Bonchev–Trinajstić information content (AvgIpc) is 2.66. The SMILES string of the molecule is Cn1ccnc1CC(=O)CC1CNCCO1. The van der Waals surface area contributed by atoms with Crippen LogP contribution in [0.2, 0.25) is 0 Å². The van der Waals surface area contributed by atoms with Gasteiger partial charge in [-0.05, 0) is 0 Å². The molecule has 5 heteroatoms. The maximum atomic E-state index is 11.8. The number of aryl methyl sites for hydroxylation is 1. The molecule has 0 spiro atoms. The molecule has 0 aliphatic carbocycles. The summed E-state index contributed by atoms with van der Waals surface area (Å²) in [6, 6.07) is 0. The van der Waals surface area contributed by atoms with E-state index in [4.69, 9.17) is 4.74 Å². The molecule has 0 radical (unpaired) electrons. The second-order valence-corrected chi connectivity index (χ2v) is 4.07. The van der Waals surface area contributed by atoms with E-state index in [1.54, 1.807) is 6.20 Å². The Labute approximate surface area is 94.8 Å². The highest BCUT2D eigenvalue weighted by Crippen LogP contribution is 2.05. The number of rotatable bonds is 4. The number of imidazole rings is 1. The third-order valence-corrected chi connectivity index (χ3v) is 2.74. The molecule has 1 aromatic rings. The molecule has 1 aliphatic rings. The summed E-state index contributed by atoms with van der Waals surface area (Å²) < 4.78 is 7.36. The monoisotopic (exact) mass is 223 g/mol. The third kappa shape index (κ3) is 2.90. The van der Waals surface area contributed by atoms with Gasteiger partial charge >= 0.3 is 0 Å². The van der Waals surface area contributed by atoms with Gasteiger partial charge in [0.25, 0.3) is 0 Å². The van der Waals surface area contributed by atoms with Gasteiger partial charge in [0.2, 0.25) is 0 Å². The molecule has 0 aromatic carbocycles. The van der Waals surface area contributed by atoms with Gasteiger partial charge in [0, 0.05) is 39.0 Å². The van der Waals surface area contributed by atoms with Crippen LogP contribution in [0.1, 0.15) is 12.2 Å². The summed E-state index contributed by atoms with van der Waals surface area (Å²) in [5, 5.41) is 3.21. The smallest absolute Gasteiger partial charge is 0.143 e. The van der Waals surface area contributed by atoms with E-state index < -0.39 is 0 Å². The fraction of sp³-hybridized carbons (Fsp3) is 0.636. The van der Waals surface area contributed by atoms with Crippen molar-refractivity contribution >= 4 is 5.78 Å². The molecular weight excluding hydrogens is 206 g/mol. The van der Waals surface area contributed by atoms with Crippen molar-refractivity contribution in [2.24, 2.45) is 7.05 Å². The molecule has 0 saturated carbocycles. The third-order valence-electron chi connectivity index (χ3n) is 2.74. The van der Waals surface area contributed by atoms with Gasteiger partial charge in [0.15, 0.2) is 0 Å². The van der Waals surface area contributed by atoms with Crippen LogP contribution in [0.3, 0.4) is 0 Å². The summed E-state index contributed by atoms with van der Waals surface area (Å²) in [5.41, 5.74) is 0. The molecule has 2 rings (SSSR count). The second-order valence-electron chi connectivity index (χ2n) is 4.07. The van der Waals surface area contributed by atoms with Gasteiger partial charge in [0.1, 0.15) is 11.6 Å². The first-order chi connectivity index (χ1) is 7.75. The zero-order valence-corrected chi connectivity index (χ0v) is 9.48. The Kier molecular flexibility index (Phi) is 3.69. The highest BCUT2D eigenvalue weighted by molar-refractivity contribution is 5.80. The lowest BCUT2D eigenvalue weighted by Gasteiger charge is -2.22. The van der Waals surface area contributed by atoms with Crippen molar-refractivity contribution < 1.29 is 9.53 Å². The Morgan fingerprint density at radius 1 is 1.75 bits per heavy atom. The largest absolute Gasteiger partial charge is 0.375 e. The number of hydrogen-bond donors (Lipinski definition) is 1. The lowest BCUT2D eigenvalue weighted by Crippen LogP contribution is -2.39. The van der Waals surface area contributed by atoms with Crippen molar-refractivity contribution in [3.63, 3.8) is 0 Å². The van der Waals surface area contributed by atoms with Crippen LogP contribution in [0.5, 0.6) is 0 Å². The number of nitrogens with zero attached hydrogens (tertiary/aromatic N) is 2. The molecule has 88 valence electrons. The first kappa shape index (κ1) is 11.3. The highest BCUT2D eigenvalue weighted by Gasteiger charge is 2.18. The van der Waals surface area contributed by atoms with Crippen molar-refractivity contribution in [3.05, 3.63) is 18.2 Å². The maximum Gasteiger partial charge on any atom is 0.143 e. The first-order valence-corrected chi connectivity index (χ1v) is 5.56. The summed E-state index contributed by atoms with van der Waals surface area (Å²) in [6.45, 7) is 2.34. The molecule has 1 fully saturated rings. The van der Waals surface area contributed by atoms with Gasteiger partial charge in [-0.3, -0.25) is 4.79 Å². The van der Waals surface area contributed by atoms with Crippen molar-refractivity contribution in [2.75, 3.05) is 19.7 Å². The molecular formula is C11H17N3O2. The van der Waals surface area contributed by atoms with E-state index in [0.717, 1.165) is 18.9 Å². The molecule has 1 atom stereocenters. The predicted octanol–water partition coefficient (Wildman–Crippen LogP) is -0.0898. The van der Waals surface area contributed by atoms with Gasteiger partial charge in [-0.2, -0.15) is 0 Å². The molecule has 1 aromatic heterocycles. The molecule has 5 nitrogen and oxygen atoms in total. The number of aromatic nitrogens is 2. The van der Waals surface area contributed by atoms with Crippen LogP contribution >= 0.6 is 0 Å². The number of morpholine rings is 1. The Morgan fingerprint density at radius 2 is 2.62 bits per heavy atom. The van der Waals surface area contributed by atoms with E-state index in [2.05, 4.69) is 10.3 Å². The first-order valence-electron chi connectivity index (χ1n) is 5.56. The van der Waals surface area contributed by atoms with E-state index >= 15 is 0 Å². The number of hydrogen-bond acceptors (Lipinski definition) is 4. The Morgan fingerprint density at radius 3 is 3.25 bits per heavy atom. The Balaban J connectivity index is 1.82. The van der Waals surface area contributed by atoms with E-state index in [-0.39, 0.29) is 11.9 Å². The minimum absolute atomic E-state index is 0.0292. The minimum atomic E-state index is 0.0292. The molecule has 0 bridgehead atoms. The van der Waals surface area contributed by atoms with Gasteiger partial charge in [0.05, 0.1) is 19.1 Å². The van der Waals surface area contributed by atoms with Crippen molar-refractivity contribution in [1.29, 1.82) is 0 Å². The summed E-state index contributed by atoms with van der Waals surface area (Å²) in [4.78, 5) is 15.9. The van der Waals surface area contributed by atoms with Crippen LogP contribution in [0.15, 0.2) is 12.4 Å². The Bertz CT molecular complexity index is 356. The Hall–Kier alpha value is -1.20. The molecule has 1 unspecified atom stereocenters. The number of carbonyl (C=O) groups excluding carboxylic acids is 1. The summed E-state index contributed by atoms with van der Waals surface area (Å²) in [6.07, 6.45) is 4.45. The number of Topliss-reactive ketones (excluding diaryl/α,β-unsaturated/α-hetero) is 1. The molecule has 16 heavy (non-hydrogen) atoms. The zero-order chi connectivity index (χ0) is 11.4. The van der Waals surface area contributed by atoms with E-state index in [1.165, 1.54) is 0 Å². The fourth-order valence-electron chi connectivity index (χ4n) is 1.82. The number of nitrogens with one attached hydrogen (secondary N) is 1. The molecule has 1 saturated heterocycles. The topological polar surface area (TPSA) is 56.2 Å². The van der Waals surface area contributed by atoms with Gasteiger partial charge in [-0.25, -0.2) is 4.98 Å². The van der Waals surface area contributed by atoms with E-state index in [1.807, 2.05) is 17.8 Å². The second kappa shape index (κ2) is 5.23. The van der Waals surface area contributed by atoms with Crippen LogP contribution in [-0.4, -0.2) is 41.1 Å². The quantitative estimate of drug-likeness (QED) is 0.775. The standard InChI is InChI=1S/C11H17N3O2/c1-14-4-2-13-11(14)7-9(15)6-10-8-12-3-5-16-10/h2,4,10,12H,3,5-8H2,1H3. The van der Waals surface area contributed by atoms with Gasteiger partial charge in [-0.15, -0.1) is 0 Å². The highest BCUT2D eigenvalue weighted by atomic mass is 16.5. The lowest BCUT2D eigenvalue weighted by molar-refractivity contribution is -0.121. The number of ketones is 1. The van der Waals surface area contributed by atoms with E-state index in [9.17, 15) is 4.79 Å². The van der Waals surface area contributed by atoms with Crippen molar-refractivity contribution in [1.82, 2.24) is 14.9 Å². The van der Waals surface area contributed by atoms with Gasteiger partial charge in [-0.1, -0.05) is 0 Å². The van der Waals surface area contributed by atoms with Gasteiger partial charge < -0.3 is 14.6 Å². The van der Waals surface area contributed by atoms with Crippen LogP contribution in [-0.2, 0) is 23.0 Å². The van der Waals surface area contributed by atoms with Crippen molar-refractivity contribution in [3.8, 4) is 0 Å². The predicted molar refractivity (Wildman–Crippen MR) is 59.1 cm³/mol. The lowest BCUT2D eigenvalue weighted by atomic mass is 10.1. The number of carbonyl (C=O) groups is 1. The average molecular weight is 223 g/mol. The van der Waals surface area contributed by atoms with Crippen LogP contribution in [0, 0.1) is 0 Å². The fourth-order valence-corrected chi connectivity index (χ4v) is 1.82. The molecule has 0 amide bonds. The number of ether oxygens (including phenoxy) is 1. The van der Waals surface area contributed by atoms with Crippen LogP contribution < -0.4 is 5.32 Å². The van der Waals surface area contributed by atoms with E-state index in [0.29, 0.717) is 19.4 Å². The maximum absolute atomic E-state index is 11.8. The van der Waals surface area contributed by atoms with Crippen LogP contribution in [0.4, 0.5) is 0 Å². The summed E-state index contributed by atoms with van der Waals surface area (Å²) in [5.74, 6) is 0.997. The molecule has 1 aliphatic heterocycles. The summed E-state index contributed by atoms with van der Waals surface area (Å²) >= 11 is 0. The molecule has 1 N–H and O–H groups in total. The zero-order valence-electron chi connectivity index (χ0n) is 9.48. The summed E-state index contributed by atoms with van der Waals surface area (Å²) in [7, 11) is 1.90. The molecule has 2 heterocycles.